The second-order valence-corrected chi connectivity index (χ2v) is 7.43. The Labute approximate surface area is 159 Å². The van der Waals surface area contributed by atoms with Crippen LogP contribution in [0.2, 0.25) is 5.02 Å². The van der Waals surface area contributed by atoms with Crippen LogP contribution in [0.25, 0.3) is 0 Å². The zero-order valence-electron chi connectivity index (χ0n) is 13.4. The van der Waals surface area contributed by atoms with Gasteiger partial charge in [0.15, 0.2) is 5.82 Å². The van der Waals surface area contributed by atoms with Crippen molar-refractivity contribution in [2.24, 2.45) is 5.92 Å². The number of benzene rings is 1. The summed E-state index contributed by atoms with van der Waals surface area (Å²) < 4.78 is 0.799. The standard InChI is InChI=1S/C17H18BrClN6/c18-12-9-21-17(20-8-11-3-1-2-4-13(11)19)23-16(12)22-15-7-14(24-25-15)10-5-6-10/h1-4,7,9-10,14,24-25H,5-6,8H2,(H2,20,21,22,23). The zero-order chi connectivity index (χ0) is 17.2. The molecular weight excluding hydrogens is 404 g/mol. The van der Waals surface area contributed by atoms with E-state index in [-0.39, 0.29) is 0 Å². The maximum absolute atomic E-state index is 6.18. The highest BCUT2D eigenvalue weighted by Gasteiger charge is 2.32. The lowest BCUT2D eigenvalue weighted by Crippen LogP contribution is -2.34. The molecule has 8 heteroatoms. The fourth-order valence-electron chi connectivity index (χ4n) is 2.69. The first-order valence-electron chi connectivity index (χ1n) is 8.19. The van der Waals surface area contributed by atoms with Gasteiger partial charge < -0.3 is 16.1 Å². The van der Waals surface area contributed by atoms with Crippen molar-refractivity contribution in [1.29, 1.82) is 0 Å². The SMILES string of the molecule is Clc1ccccc1CNc1ncc(Br)c(NC2=CC(C3CC3)NN2)n1. The molecule has 25 heavy (non-hydrogen) atoms. The van der Waals surface area contributed by atoms with Crippen LogP contribution in [0.15, 0.2) is 46.8 Å². The van der Waals surface area contributed by atoms with E-state index in [0.29, 0.717) is 24.4 Å². The monoisotopic (exact) mass is 420 g/mol. The van der Waals surface area contributed by atoms with Crippen molar-refractivity contribution in [2.75, 3.05) is 10.6 Å². The van der Waals surface area contributed by atoms with Gasteiger partial charge in [0.25, 0.3) is 0 Å². The highest BCUT2D eigenvalue weighted by molar-refractivity contribution is 9.10. The third kappa shape index (κ3) is 4.05. The van der Waals surface area contributed by atoms with Gasteiger partial charge in [0.2, 0.25) is 5.95 Å². The third-order valence-corrected chi connectivity index (χ3v) is 5.19. The van der Waals surface area contributed by atoms with Crippen LogP contribution in [0.1, 0.15) is 18.4 Å². The van der Waals surface area contributed by atoms with Gasteiger partial charge in [-0.3, -0.25) is 0 Å². The second kappa shape index (κ2) is 7.19. The van der Waals surface area contributed by atoms with E-state index in [4.69, 9.17) is 11.6 Å². The van der Waals surface area contributed by atoms with Crippen LogP contribution in [0.5, 0.6) is 0 Å². The summed E-state index contributed by atoms with van der Waals surface area (Å²) in [5, 5.41) is 7.23. The molecule has 2 aliphatic rings. The summed E-state index contributed by atoms with van der Waals surface area (Å²) in [4.78, 5) is 8.84. The van der Waals surface area contributed by atoms with Crippen LogP contribution in [-0.4, -0.2) is 16.0 Å². The van der Waals surface area contributed by atoms with Gasteiger partial charge in [-0.15, -0.1) is 0 Å². The molecule has 0 radical (unpaired) electrons. The fraction of sp³-hybridized carbons (Fsp3) is 0.294. The maximum Gasteiger partial charge on any atom is 0.224 e. The number of hydrogen-bond donors (Lipinski definition) is 4. The highest BCUT2D eigenvalue weighted by Crippen LogP contribution is 2.34. The van der Waals surface area contributed by atoms with Crippen LogP contribution in [-0.2, 0) is 6.54 Å². The maximum atomic E-state index is 6.18. The molecule has 1 saturated carbocycles. The van der Waals surface area contributed by atoms with Crippen molar-refractivity contribution in [2.45, 2.75) is 25.4 Å². The second-order valence-electron chi connectivity index (χ2n) is 6.17. The van der Waals surface area contributed by atoms with Crippen molar-refractivity contribution < 1.29 is 0 Å². The van der Waals surface area contributed by atoms with Gasteiger partial charge in [0.1, 0.15) is 5.82 Å². The van der Waals surface area contributed by atoms with Crippen molar-refractivity contribution >= 4 is 39.3 Å². The summed E-state index contributed by atoms with van der Waals surface area (Å²) in [6.07, 6.45) is 6.47. The third-order valence-electron chi connectivity index (χ3n) is 4.24. The number of nitrogens with zero attached hydrogens (tertiary/aromatic N) is 2. The molecule has 1 fully saturated rings. The molecule has 4 rings (SSSR count). The summed E-state index contributed by atoms with van der Waals surface area (Å²) in [5.41, 5.74) is 7.45. The molecule has 1 unspecified atom stereocenters. The molecule has 1 aliphatic carbocycles. The van der Waals surface area contributed by atoms with E-state index in [0.717, 1.165) is 26.8 Å². The average Bonchev–Trinajstić information content (AvgIpc) is 3.36. The molecule has 130 valence electrons. The van der Waals surface area contributed by atoms with Crippen LogP contribution in [0.4, 0.5) is 11.8 Å². The molecule has 0 spiro atoms. The van der Waals surface area contributed by atoms with E-state index in [9.17, 15) is 0 Å². The number of halogens is 2. The molecule has 0 bridgehead atoms. The number of hydrogen-bond acceptors (Lipinski definition) is 6. The lowest BCUT2D eigenvalue weighted by atomic mass is 10.2. The van der Waals surface area contributed by atoms with Gasteiger partial charge in [-0.1, -0.05) is 29.8 Å². The summed E-state index contributed by atoms with van der Waals surface area (Å²) in [6, 6.07) is 8.11. The van der Waals surface area contributed by atoms with Crippen molar-refractivity contribution in [3.8, 4) is 0 Å². The first kappa shape index (κ1) is 16.6. The zero-order valence-corrected chi connectivity index (χ0v) is 15.7. The smallest absolute Gasteiger partial charge is 0.224 e. The van der Waals surface area contributed by atoms with Gasteiger partial charge >= 0.3 is 0 Å². The molecule has 0 saturated heterocycles. The highest BCUT2D eigenvalue weighted by atomic mass is 79.9. The lowest BCUT2D eigenvalue weighted by Gasteiger charge is -2.11. The molecule has 1 aliphatic heterocycles. The summed E-state index contributed by atoms with van der Waals surface area (Å²) in [6.45, 7) is 0.563. The Balaban J connectivity index is 1.43. The first-order valence-corrected chi connectivity index (χ1v) is 9.36. The molecule has 2 heterocycles. The molecular formula is C17H18BrClN6. The average molecular weight is 422 g/mol. The number of rotatable bonds is 6. The van der Waals surface area contributed by atoms with Gasteiger partial charge in [0, 0.05) is 17.8 Å². The molecule has 1 aromatic carbocycles. The Morgan fingerprint density at radius 1 is 1.28 bits per heavy atom. The minimum atomic E-state index is 0.390. The predicted octanol–water partition coefficient (Wildman–Crippen LogP) is 3.64. The van der Waals surface area contributed by atoms with Crippen molar-refractivity contribution in [3.05, 3.63) is 57.4 Å². The van der Waals surface area contributed by atoms with Crippen LogP contribution < -0.4 is 21.5 Å². The van der Waals surface area contributed by atoms with E-state index in [1.807, 2.05) is 24.3 Å². The molecule has 1 aromatic heterocycles. The van der Waals surface area contributed by atoms with Crippen molar-refractivity contribution in [1.82, 2.24) is 20.8 Å². The molecule has 1 atom stereocenters. The minimum absolute atomic E-state index is 0.390. The fourth-order valence-corrected chi connectivity index (χ4v) is 3.18. The normalized spacial score (nSPS) is 19.3. The van der Waals surface area contributed by atoms with E-state index >= 15 is 0 Å². The summed E-state index contributed by atoms with van der Waals surface area (Å²) in [7, 11) is 0. The summed E-state index contributed by atoms with van der Waals surface area (Å²) >= 11 is 9.67. The first-order chi connectivity index (χ1) is 12.2. The largest absolute Gasteiger partial charge is 0.350 e. The predicted molar refractivity (Wildman–Crippen MR) is 103 cm³/mol. The molecule has 4 N–H and O–H groups in total. The summed E-state index contributed by atoms with van der Waals surface area (Å²) in [5.74, 6) is 2.89. The number of anilines is 2. The Hall–Kier alpha value is -1.83. The Bertz CT molecular complexity index is 807. The Morgan fingerprint density at radius 2 is 2.12 bits per heavy atom. The van der Waals surface area contributed by atoms with Gasteiger partial charge in [-0.2, -0.15) is 4.98 Å². The molecule has 2 aromatic rings. The van der Waals surface area contributed by atoms with E-state index in [2.05, 4.69) is 53.5 Å². The van der Waals surface area contributed by atoms with Crippen LogP contribution in [0, 0.1) is 5.92 Å². The van der Waals surface area contributed by atoms with E-state index in [1.165, 1.54) is 12.8 Å². The van der Waals surface area contributed by atoms with Gasteiger partial charge in [-0.25, -0.2) is 10.4 Å². The molecule has 0 amide bonds. The number of aromatic nitrogens is 2. The molecule has 6 nitrogen and oxygen atoms in total. The number of nitrogens with one attached hydrogen (secondary N) is 4. The Morgan fingerprint density at radius 3 is 2.92 bits per heavy atom. The lowest BCUT2D eigenvalue weighted by molar-refractivity contribution is 0.530. The van der Waals surface area contributed by atoms with E-state index in [1.54, 1.807) is 6.20 Å². The van der Waals surface area contributed by atoms with Crippen LogP contribution >= 0.6 is 27.5 Å². The topological polar surface area (TPSA) is 73.9 Å². The van der Waals surface area contributed by atoms with E-state index < -0.39 is 0 Å². The van der Waals surface area contributed by atoms with Gasteiger partial charge in [0.05, 0.1) is 10.5 Å². The van der Waals surface area contributed by atoms with Gasteiger partial charge in [-0.05, 0) is 52.4 Å². The number of hydrazine groups is 1. The minimum Gasteiger partial charge on any atom is -0.350 e. The van der Waals surface area contributed by atoms with Crippen LogP contribution in [0.3, 0.4) is 0 Å². The van der Waals surface area contributed by atoms with Crippen molar-refractivity contribution in [3.63, 3.8) is 0 Å². The quantitative estimate of drug-likeness (QED) is 0.571. The Kier molecular flexibility index (Phi) is 4.78.